The fourth-order valence-electron chi connectivity index (χ4n) is 0.734. The summed E-state index contributed by atoms with van der Waals surface area (Å²) >= 11 is 0. The first kappa shape index (κ1) is 12.2. The van der Waals surface area contributed by atoms with Crippen molar-refractivity contribution in [2.45, 2.75) is 39.3 Å². The highest BCUT2D eigenvalue weighted by Crippen LogP contribution is 2.07. The molecule has 0 saturated heterocycles. The molecule has 0 heterocycles. The van der Waals surface area contributed by atoms with Crippen LogP contribution in [0.1, 0.15) is 27.7 Å². The molecule has 0 fully saturated rings. The van der Waals surface area contributed by atoms with Crippen LogP contribution in [0.5, 0.6) is 0 Å². The normalized spacial score (nSPS) is 13.5. The summed E-state index contributed by atoms with van der Waals surface area (Å²) in [6.07, 6.45) is 1.71. The Morgan fingerprint density at radius 3 is 2.54 bits per heavy atom. The molecule has 0 aliphatic carbocycles. The van der Waals surface area contributed by atoms with Gasteiger partial charge in [-0.15, -0.1) is 6.58 Å². The quantitative estimate of drug-likeness (QED) is 0.532. The molecule has 1 atom stereocenters. The van der Waals surface area contributed by atoms with Crippen LogP contribution in [-0.4, -0.2) is 24.2 Å². The van der Waals surface area contributed by atoms with Gasteiger partial charge in [0, 0.05) is 6.54 Å². The van der Waals surface area contributed by atoms with Crippen LogP contribution in [0.3, 0.4) is 0 Å². The first-order chi connectivity index (χ1) is 5.87. The molecule has 13 heavy (non-hydrogen) atoms. The summed E-state index contributed by atoms with van der Waals surface area (Å²) in [6, 6.07) is -0.280. The molecule has 3 nitrogen and oxygen atoms in total. The molecule has 0 amide bonds. The molecule has 1 N–H and O–H groups in total. The fraction of sp³-hybridized carbons (Fsp3) is 0.700. The van der Waals surface area contributed by atoms with Gasteiger partial charge in [0.2, 0.25) is 0 Å². The first-order valence-electron chi connectivity index (χ1n) is 4.44. The van der Waals surface area contributed by atoms with E-state index in [0.717, 1.165) is 0 Å². The molecule has 0 unspecified atom stereocenters. The summed E-state index contributed by atoms with van der Waals surface area (Å²) in [5.74, 6) is -0.227. The number of hydrogen-bond donors (Lipinski definition) is 1. The number of hydrogen-bond acceptors (Lipinski definition) is 3. The Morgan fingerprint density at radius 2 is 2.15 bits per heavy atom. The van der Waals surface area contributed by atoms with Crippen LogP contribution < -0.4 is 5.32 Å². The van der Waals surface area contributed by atoms with Crippen LogP contribution >= 0.6 is 0 Å². The SMILES string of the molecule is C=CCN[C@@H](C)C(=O)OC(C)(C)C. The molecule has 0 bridgehead atoms. The zero-order chi connectivity index (χ0) is 10.5. The van der Waals surface area contributed by atoms with Gasteiger partial charge in [-0.25, -0.2) is 0 Å². The van der Waals surface area contributed by atoms with Gasteiger partial charge in [0.05, 0.1) is 0 Å². The smallest absolute Gasteiger partial charge is 0.323 e. The third-order valence-corrected chi connectivity index (χ3v) is 1.33. The second-order valence-corrected chi connectivity index (χ2v) is 3.95. The van der Waals surface area contributed by atoms with E-state index in [1.165, 1.54) is 0 Å². The van der Waals surface area contributed by atoms with E-state index in [0.29, 0.717) is 6.54 Å². The monoisotopic (exact) mass is 185 g/mol. The maximum atomic E-state index is 11.3. The topological polar surface area (TPSA) is 38.3 Å². The molecule has 0 aromatic carbocycles. The van der Waals surface area contributed by atoms with Crippen molar-refractivity contribution in [2.75, 3.05) is 6.54 Å². The Hall–Kier alpha value is -0.830. The van der Waals surface area contributed by atoms with Gasteiger partial charge in [0.15, 0.2) is 0 Å². The van der Waals surface area contributed by atoms with Gasteiger partial charge >= 0.3 is 5.97 Å². The molecular weight excluding hydrogens is 166 g/mol. The largest absolute Gasteiger partial charge is 0.459 e. The minimum absolute atomic E-state index is 0.227. The minimum atomic E-state index is -0.415. The average Bonchev–Trinajstić information content (AvgIpc) is 1.96. The highest BCUT2D eigenvalue weighted by molar-refractivity contribution is 5.75. The maximum absolute atomic E-state index is 11.3. The minimum Gasteiger partial charge on any atom is -0.459 e. The third-order valence-electron chi connectivity index (χ3n) is 1.33. The molecule has 0 saturated carbocycles. The number of nitrogens with one attached hydrogen (secondary N) is 1. The maximum Gasteiger partial charge on any atom is 0.323 e. The van der Waals surface area contributed by atoms with Crippen molar-refractivity contribution in [1.29, 1.82) is 0 Å². The lowest BCUT2D eigenvalue weighted by atomic mass is 10.2. The van der Waals surface area contributed by atoms with Crippen molar-refractivity contribution in [1.82, 2.24) is 5.32 Å². The van der Waals surface area contributed by atoms with E-state index in [9.17, 15) is 4.79 Å². The summed E-state index contributed by atoms with van der Waals surface area (Å²) in [5, 5.41) is 2.96. The molecule has 0 rings (SSSR count). The summed E-state index contributed by atoms with van der Waals surface area (Å²) in [7, 11) is 0. The van der Waals surface area contributed by atoms with E-state index in [2.05, 4.69) is 11.9 Å². The van der Waals surface area contributed by atoms with Crippen LogP contribution in [0.4, 0.5) is 0 Å². The second-order valence-electron chi connectivity index (χ2n) is 3.95. The second kappa shape index (κ2) is 5.02. The number of ether oxygens (including phenoxy) is 1. The number of carbonyl (C=O) groups is 1. The van der Waals surface area contributed by atoms with Crippen molar-refractivity contribution in [3.63, 3.8) is 0 Å². The molecular formula is C10H19NO2. The summed E-state index contributed by atoms with van der Waals surface area (Å²) in [5.41, 5.74) is -0.415. The standard InChI is InChI=1S/C10H19NO2/c1-6-7-11-8(2)9(12)13-10(3,4)5/h6,8,11H,1,7H2,2-5H3/t8-/m0/s1. The van der Waals surface area contributed by atoms with Crippen molar-refractivity contribution in [3.05, 3.63) is 12.7 Å². The van der Waals surface area contributed by atoms with Gasteiger partial charge < -0.3 is 10.1 Å². The summed E-state index contributed by atoms with van der Waals surface area (Å²) < 4.78 is 5.16. The Bertz CT molecular complexity index is 182. The Morgan fingerprint density at radius 1 is 1.62 bits per heavy atom. The molecule has 0 aromatic rings. The zero-order valence-corrected chi connectivity index (χ0v) is 8.89. The third kappa shape index (κ3) is 6.34. The molecule has 0 radical (unpaired) electrons. The molecule has 76 valence electrons. The summed E-state index contributed by atoms with van der Waals surface area (Å²) in [6.45, 7) is 11.5. The van der Waals surface area contributed by atoms with Crippen LogP contribution in [0.15, 0.2) is 12.7 Å². The predicted octanol–water partition coefficient (Wildman–Crippen LogP) is 1.49. The van der Waals surface area contributed by atoms with Gasteiger partial charge in [-0.3, -0.25) is 4.79 Å². The van der Waals surface area contributed by atoms with Gasteiger partial charge in [0.25, 0.3) is 0 Å². The van der Waals surface area contributed by atoms with E-state index < -0.39 is 5.60 Å². The van der Waals surface area contributed by atoms with Gasteiger partial charge in [-0.1, -0.05) is 6.08 Å². The Balaban J connectivity index is 3.89. The van der Waals surface area contributed by atoms with Crippen molar-refractivity contribution in [2.24, 2.45) is 0 Å². The van der Waals surface area contributed by atoms with Gasteiger partial charge in [0.1, 0.15) is 11.6 Å². The molecule has 0 aromatic heterocycles. The average molecular weight is 185 g/mol. The van der Waals surface area contributed by atoms with Crippen molar-refractivity contribution in [3.8, 4) is 0 Å². The zero-order valence-electron chi connectivity index (χ0n) is 8.89. The van der Waals surface area contributed by atoms with Crippen LogP contribution in [0, 0.1) is 0 Å². The lowest BCUT2D eigenvalue weighted by molar-refractivity contribution is -0.156. The van der Waals surface area contributed by atoms with E-state index in [1.54, 1.807) is 13.0 Å². The highest BCUT2D eigenvalue weighted by Gasteiger charge is 2.20. The highest BCUT2D eigenvalue weighted by atomic mass is 16.6. The predicted molar refractivity (Wildman–Crippen MR) is 53.5 cm³/mol. The van der Waals surface area contributed by atoms with Crippen molar-refractivity contribution >= 4 is 5.97 Å². The van der Waals surface area contributed by atoms with E-state index in [-0.39, 0.29) is 12.0 Å². The lowest BCUT2D eigenvalue weighted by Crippen LogP contribution is -2.39. The molecule has 0 spiro atoms. The summed E-state index contributed by atoms with van der Waals surface area (Å²) in [4.78, 5) is 11.3. The Kier molecular flexibility index (Phi) is 4.70. The van der Waals surface area contributed by atoms with Gasteiger partial charge in [-0.2, -0.15) is 0 Å². The number of rotatable bonds is 4. The fourth-order valence-corrected chi connectivity index (χ4v) is 0.734. The van der Waals surface area contributed by atoms with Crippen LogP contribution in [0.2, 0.25) is 0 Å². The molecule has 3 heteroatoms. The van der Waals surface area contributed by atoms with Crippen LogP contribution in [-0.2, 0) is 9.53 Å². The molecule has 0 aliphatic heterocycles. The molecule has 0 aliphatic rings. The Labute approximate surface area is 80.2 Å². The van der Waals surface area contributed by atoms with Crippen molar-refractivity contribution < 1.29 is 9.53 Å². The van der Waals surface area contributed by atoms with E-state index in [4.69, 9.17) is 4.74 Å². The number of esters is 1. The van der Waals surface area contributed by atoms with Gasteiger partial charge in [-0.05, 0) is 27.7 Å². The first-order valence-corrected chi connectivity index (χ1v) is 4.44. The van der Waals surface area contributed by atoms with E-state index in [1.807, 2.05) is 20.8 Å². The lowest BCUT2D eigenvalue weighted by Gasteiger charge is -2.22. The number of carbonyl (C=O) groups excluding carboxylic acids is 1. The van der Waals surface area contributed by atoms with E-state index >= 15 is 0 Å². The van der Waals surface area contributed by atoms with Crippen LogP contribution in [0.25, 0.3) is 0 Å².